The minimum Gasteiger partial charge on any atom is -0.330 e. The Kier molecular flexibility index (Phi) is 9.54. The molecule has 0 rings (SSSR count). The fourth-order valence-corrected chi connectivity index (χ4v) is 1.71. The Bertz CT molecular complexity index is 263. The predicted molar refractivity (Wildman–Crippen MR) is 75.4 cm³/mol. The Hall–Kier alpha value is -0.860. The van der Waals surface area contributed by atoms with Gasteiger partial charge in [-0.2, -0.15) is 0 Å². The third-order valence-corrected chi connectivity index (χ3v) is 2.94. The first-order valence-corrected chi connectivity index (χ1v) is 6.69. The van der Waals surface area contributed by atoms with Crippen LogP contribution in [0.1, 0.15) is 25.7 Å². The van der Waals surface area contributed by atoms with Crippen LogP contribution in [-0.4, -0.2) is 49.8 Å². The molecule has 112 valence electrons. The van der Waals surface area contributed by atoms with Gasteiger partial charge in [-0.1, -0.05) is 0 Å². The third kappa shape index (κ3) is 6.22. The summed E-state index contributed by atoms with van der Waals surface area (Å²) in [5, 5.41) is 2.94. The van der Waals surface area contributed by atoms with Gasteiger partial charge < -0.3 is 28.3 Å². The molecule has 0 heterocycles. The maximum atomic E-state index is 12.1. The molecule has 0 aromatic rings. The van der Waals surface area contributed by atoms with Crippen molar-refractivity contribution in [2.24, 2.45) is 22.9 Å². The van der Waals surface area contributed by atoms with Gasteiger partial charge in [-0.05, 0) is 25.9 Å². The van der Waals surface area contributed by atoms with E-state index in [0.29, 0.717) is 39.0 Å². The maximum Gasteiger partial charge on any atom is 0.161 e. The van der Waals surface area contributed by atoms with E-state index >= 15 is 0 Å². The average Bonchev–Trinajstić information content (AvgIpc) is 2.41. The van der Waals surface area contributed by atoms with Crippen LogP contribution in [0, 0.1) is 0 Å². The van der Waals surface area contributed by atoms with Gasteiger partial charge in [0.25, 0.3) is 0 Å². The molecule has 0 saturated carbocycles. The van der Waals surface area contributed by atoms with E-state index in [1.807, 2.05) is 0 Å². The van der Waals surface area contributed by atoms with Gasteiger partial charge in [-0.3, -0.25) is 9.59 Å². The number of carbonyl (C=O) groups is 2. The second kappa shape index (κ2) is 9.99. The van der Waals surface area contributed by atoms with Gasteiger partial charge in [0, 0.05) is 32.5 Å². The van der Waals surface area contributed by atoms with Crippen molar-refractivity contribution < 1.29 is 9.59 Å². The molecule has 7 heteroatoms. The van der Waals surface area contributed by atoms with Crippen LogP contribution in [0.4, 0.5) is 0 Å². The van der Waals surface area contributed by atoms with Gasteiger partial charge in [-0.15, -0.1) is 0 Å². The summed E-state index contributed by atoms with van der Waals surface area (Å²) >= 11 is 0. The first kappa shape index (κ1) is 18.1. The van der Waals surface area contributed by atoms with Crippen LogP contribution in [0.2, 0.25) is 0 Å². The first-order valence-electron chi connectivity index (χ1n) is 6.69. The molecule has 0 atom stereocenters. The zero-order chi connectivity index (χ0) is 14.7. The standard InChI is InChI=1S/C12H27N5O2/c13-5-1-3-10(18)12(16,9-17-8-7-15)11(19)4-2-6-14/h17H,1-9,13-16H2. The highest BCUT2D eigenvalue weighted by Gasteiger charge is 2.39. The molecule has 0 fully saturated rings. The van der Waals surface area contributed by atoms with Crippen LogP contribution < -0.4 is 28.3 Å². The molecule has 0 bridgehead atoms. The molecule has 9 N–H and O–H groups in total. The topological polar surface area (TPSA) is 150 Å². The summed E-state index contributed by atoms with van der Waals surface area (Å²) in [5.41, 5.74) is 20.6. The Morgan fingerprint density at radius 1 is 0.895 bits per heavy atom. The lowest BCUT2D eigenvalue weighted by atomic mass is 9.85. The lowest BCUT2D eigenvalue weighted by Gasteiger charge is -2.27. The highest BCUT2D eigenvalue weighted by Crippen LogP contribution is 2.11. The summed E-state index contributed by atoms with van der Waals surface area (Å²) in [5.74, 6) is -0.547. The fraction of sp³-hybridized carbons (Fsp3) is 0.833. The van der Waals surface area contributed by atoms with Gasteiger partial charge in [0.05, 0.1) is 0 Å². The normalized spacial score (nSPS) is 11.6. The van der Waals surface area contributed by atoms with Crippen molar-refractivity contribution in [1.82, 2.24) is 5.32 Å². The molecular weight excluding hydrogens is 246 g/mol. The summed E-state index contributed by atoms with van der Waals surface area (Å²) < 4.78 is 0. The van der Waals surface area contributed by atoms with E-state index in [1.165, 1.54) is 0 Å². The van der Waals surface area contributed by atoms with Crippen LogP contribution in [0.5, 0.6) is 0 Å². The van der Waals surface area contributed by atoms with Crippen molar-refractivity contribution in [3.05, 3.63) is 0 Å². The van der Waals surface area contributed by atoms with Crippen molar-refractivity contribution in [2.45, 2.75) is 31.2 Å². The SMILES string of the molecule is NCCCC(=O)C(N)(CNCCN)C(=O)CCCN. The van der Waals surface area contributed by atoms with Crippen molar-refractivity contribution in [3.63, 3.8) is 0 Å². The minimum atomic E-state index is -1.49. The number of hydrogen-bond acceptors (Lipinski definition) is 7. The molecule has 0 aliphatic carbocycles. The number of carbonyl (C=O) groups excluding carboxylic acids is 2. The molecule has 0 unspecified atom stereocenters. The zero-order valence-corrected chi connectivity index (χ0v) is 11.5. The number of nitrogens with two attached hydrogens (primary N) is 4. The molecule has 0 aromatic heterocycles. The van der Waals surface area contributed by atoms with Crippen molar-refractivity contribution in [2.75, 3.05) is 32.7 Å². The van der Waals surface area contributed by atoms with E-state index in [0.717, 1.165) is 0 Å². The lowest BCUT2D eigenvalue weighted by Crippen LogP contribution is -2.61. The Balaban J connectivity index is 4.68. The van der Waals surface area contributed by atoms with E-state index in [2.05, 4.69) is 5.32 Å². The molecule has 0 aliphatic heterocycles. The van der Waals surface area contributed by atoms with Gasteiger partial charge in [0.2, 0.25) is 0 Å². The number of ketones is 2. The molecule has 19 heavy (non-hydrogen) atoms. The summed E-state index contributed by atoms with van der Waals surface area (Å²) in [4.78, 5) is 24.2. The van der Waals surface area contributed by atoms with E-state index in [9.17, 15) is 9.59 Å². The highest BCUT2D eigenvalue weighted by atomic mass is 16.2. The van der Waals surface area contributed by atoms with E-state index in [1.54, 1.807) is 0 Å². The zero-order valence-electron chi connectivity index (χ0n) is 11.5. The van der Waals surface area contributed by atoms with Gasteiger partial charge in [0.15, 0.2) is 11.6 Å². The third-order valence-electron chi connectivity index (χ3n) is 2.94. The summed E-state index contributed by atoms with van der Waals surface area (Å²) in [6, 6.07) is 0. The second-order valence-electron chi connectivity index (χ2n) is 4.57. The minimum absolute atomic E-state index is 0.108. The van der Waals surface area contributed by atoms with E-state index in [-0.39, 0.29) is 31.0 Å². The molecule has 0 aromatic carbocycles. The molecule has 7 nitrogen and oxygen atoms in total. The fourth-order valence-electron chi connectivity index (χ4n) is 1.71. The predicted octanol–water partition coefficient (Wildman–Crippen LogP) is -2.15. The quantitative estimate of drug-likeness (QED) is 0.201. The van der Waals surface area contributed by atoms with Crippen molar-refractivity contribution >= 4 is 11.6 Å². The molecule has 0 spiro atoms. The Morgan fingerprint density at radius 2 is 1.37 bits per heavy atom. The number of nitrogens with one attached hydrogen (secondary N) is 1. The van der Waals surface area contributed by atoms with E-state index < -0.39 is 5.54 Å². The molecule has 0 saturated heterocycles. The van der Waals surface area contributed by atoms with Crippen LogP contribution in [-0.2, 0) is 9.59 Å². The van der Waals surface area contributed by atoms with Crippen LogP contribution in [0.15, 0.2) is 0 Å². The monoisotopic (exact) mass is 273 g/mol. The molecule has 0 amide bonds. The number of hydrogen-bond donors (Lipinski definition) is 5. The molecule has 0 aliphatic rings. The van der Waals surface area contributed by atoms with Crippen molar-refractivity contribution in [3.8, 4) is 0 Å². The van der Waals surface area contributed by atoms with Crippen LogP contribution in [0.25, 0.3) is 0 Å². The van der Waals surface area contributed by atoms with Gasteiger partial charge in [-0.25, -0.2) is 0 Å². The highest BCUT2D eigenvalue weighted by molar-refractivity contribution is 6.11. The van der Waals surface area contributed by atoms with Crippen LogP contribution in [0.3, 0.4) is 0 Å². The lowest BCUT2D eigenvalue weighted by molar-refractivity contribution is -0.134. The number of rotatable bonds is 12. The Morgan fingerprint density at radius 3 is 1.74 bits per heavy atom. The largest absolute Gasteiger partial charge is 0.330 e. The second-order valence-corrected chi connectivity index (χ2v) is 4.57. The summed E-state index contributed by atoms with van der Waals surface area (Å²) in [7, 11) is 0. The Labute approximate surface area is 114 Å². The van der Waals surface area contributed by atoms with E-state index in [4.69, 9.17) is 22.9 Å². The van der Waals surface area contributed by atoms with Gasteiger partial charge >= 0.3 is 0 Å². The molecule has 0 radical (unpaired) electrons. The number of Topliss-reactive ketones (excluding diaryl/α,β-unsaturated/α-hetero) is 2. The van der Waals surface area contributed by atoms with Crippen molar-refractivity contribution in [1.29, 1.82) is 0 Å². The summed E-state index contributed by atoms with van der Waals surface area (Å²) in [6.45, 7) is 1.83. The molecular formula is C12H27N5O2. The summed E-state index contributed by atoms with van der Waals surface area (Å²) in [6.07, 6.45) is 1.48. The van der Waals surface area contributed by atoms with Gasteiger partial charge in [0.1, 0.15) is 5.54 Å². The first-order chi connectivity index (χ1) is 9.02. The average molecular weight is 273 g/mol. The van der Waals surface area contributed by atoms with Crippen LogP contribution >= 0.6 is 0 Å². The smallest absolute Gasteiger partial charge is 0.161 e. The maximum absolute atomic E-state index is 12.1.